The Morgan fingerprint density at radius 1 is 1.40 bits per heavy atom. The van der Waals surface area contributed by atoms with E-state index >= 15 is 0 Å². The molecule has 1 unspecified atom stereocenters. The molecule has 1 aromatic rings. The maximum atomic E-state index is 13.4. The molecule has 114 valence electrons. The Balaban J connectivity index is 2.77. The monoisotopic (exact) mass is 301 g/mol. The summed E-state index contributed by atoms with van der Waals surface area (Å²) in [6, 6.07) is 4.57. The third-order valence-electron chi connectivity index (χ3n) is 4.01. The fourth-order valence-corrected chi connectivity index (χ4v) is 2.32. The lowest BCUT2D eigenvalue weighted by Gasteiger charge is -2.34. The van der Waals surface area contributed by atoms with E-state index in [2.05, 4.69) is 26.1 Å². The quantitative estimate of drug-likeness (QED) is 0.735. The molecular weight excluding hydrogens is 277 g/mol. The van der Waals surface area contributed by atoms with Crippen molar-refractivity contribution in [2.45, 2.75) is 27.2 Å². The molecule has 0 aliphatic heterocycles. The summed E-state index contributed by atoms with van der Waals surface area (Å²) in [5, 5.41) is 4.04. The first-order valence-corrected chi connectivity index (χ1v) is 7.40. The van der Waals surface area contributed by atoms with Crippen LogP contribution in [0.25, 0.3) is 0 Å². The SMILES string of the molecule is COCCNCC(C)(Cc1cc(F)ccc1Cl)C(C)C. The first-order chi connectivity index (χ1) is 9.39. The largest absolute Gasteiger partial charge is 0.383 e. The zero-order valence-corrected chi connectivity index (χ0v) is 13.6. The molecule has 0 saturated heterocycles. The van der Waals surface area contributed by atoms with Gasteiger partial charge in [-0.05, 0) is 41.5 Å². The van der Waals surface area contributed by atoms with Crippen molar-refractivity contribution in [3.05, 3.63) is 34.6 Å². The van der Waals surface area contributed by atoms with E-state index < -0.39 is 0 Å². The number of nitrogens with one attached hydrogen (secondary N) is 1. The van der Waals surface area contributed by atoms with Gasteiger partial charge in [0.2, 0.25) is 0 Å². The molecule has 0 amide bonds. The van der Waals surface area contributed by atoms with Crippen LogP contribution < -0.4 is 5.32 Å². The van der Waals surface area contributed by atoms with Crippen molar-refractivity contribution in [2.24, 2.45) is 11.3 Å². The summed E-state index contributed by atoms with van der Waals surface area (Å²) in [5.41, 5.74) is 0.891. The molecular formula is C16H25ClFNO. The molecule has 1 atom stereocenters. The summed E-state index contributed by atoms with van der Waals surface area (Å²) >= 11 is 6.18. The second-order valence-corrected chi connectivity index (χ2v) is 6.30. The number of hydrogen-bond donors (Lipinski definition) is 1. The van der Waals surface area contributed by atoms with Crippen LogP contribution in [-0.4, -0.2) is 26.8 Å². The van der Waals surface area contributed by atoms with Gasteiger partial charge < -0.3 is 10.1 Å². The lowest BCUT2D eigenvalue weighted by Crippen LogP contribution is -2.39. The van der Waals surface area contributed by atoms with E-state index in [9.17, 15) is 4.39 Å². The Kier molecular flexibility index (Phi) is 6.93. The average Bonchev–Trinajstić information content (AvgIpc) is 2.39. The van der Waals surface area contributed by atoms with Gasteiger partial charge >= 0.3 is 0 Å². The number of halogens is 2. The average molecular weight is 302 g/mol. The van der Waals surface area contributed by atoms with Crippen LogP contribution in [0, 0.1) is 17.2 Å². The van der Waals surface area contributed by atoms with E-state index in [4.69, 9.17) is 16.3 Å². The second-order valence-electron chi connectivity index (χ2n) is 5.89. The van der Waals surface area contributed by atoms with Gasteiger partial charge in [-0.1, -0.05) is 32.4 Å². The van der Waals surface area contributed by atoms with Crippen LogP contribution in [0.3, 0.4) is 0 Å². The highest BCUT2D eigenvalue weighted by Crippen LogP contribution is 2.33. The molecule has 0 saturated carbocycles. The van der Waals surface area contributed by atoms with Crippen LogP contribution >= 0.6 is 11.6 Å². The predicted octanol–water partition coefficient (Wildman–Crippen LogP) is 3.92. The van der Waals surface area contributed by atoms with Crippen LogP contribution in [0.5, 0.6) is 0 Å². The van der Waals surface area contributed by atoms with Gasteiger partial charge in [-0.2, -0.15) is 0 Å². The lowest BCUT2D eigenvalue weighted by atomic mass is 9.74. The second kappa shape index (κ2) is 7.96. The molecule has 2 nitrogen and oxygen atoms in total. The minimum atomic E-state index is -0.233. The van der Waals surface area contributed by atoms with Crippen molar-refractivity contribution in [3.8, 4) is 0 Å². The predicted molar refractivity (Wildman–Crippen MR) is 82.8 cm³/mol. The van der Waals surface area contributed by atoms with Crippen LogP contribution in [0.2, 0.25) is 5.02 Å². The highest BCUT2D eigenvalue weighted by molar-refractivity contribution is 6.31. The highest BCUT2D eigenvalue weighted by Gasteiger charge is 2.29. The van der Waals surface area contributed by atoms with E-state index in [1.54, 1.807) is 13.2 Å². The Morgan fingerprint density at radius 2 is 2.10 bits per heavy atom. The number of rotatable bonds is 8. The molecule has 20 heavy (non-hydrogen) atoms. The Bertz CT molecular complexity index is 425. The van der Waals surface area contributed by atoms with Crippen molar-refractivity contribution in [2.75, 3.05) is 26.8 Å². The maximum absolute atomic E-state index is 13.4. The lowest BCUT2D eigenvalue weighted by molar-refractivity contribution is 0.175. The summed E-state index contributed by atoms with van der Waals surface area (Å²) < 4.78 is 18.4. The van der Waals surface area contributed by atoms with E-state index in [0.29, 0.717) is 17.5 Å². The molecule has 0 spiro atoms. The fourth-order valence-electron chi connectivity index (χ4n) is 2.13. The molecule has 1 N–H and O–H groups in total. The third kappa shape index (κ3) is 5.04. The van der Waals surface area contributed by atoms with Crippen molar-refractivity contribution < 1.29 is 9.13 Å². The molecule has 0 aliphatic carbocycles. The van der Waals surface area contributed by atoms with Crippen molar-refractivity contribution in [1.29, 1.82) is 0 Å². The van der Waals surface area contributed by atoms with Gasteiger partial charge in [-0.25, -0.2) is 4.39 Å². The van der Waals surface area contributed by atoms with E-state index in [1.165, 1.54) is 12.1 Å². The summed E-state index contributed by atoms with van der Waals surface area (Å²) in [4.78, 5) is 0. The normalized spacial score (nSPS) is 14.6. The van der Waals surface area contributed by atoms with Gasteiger partial charge in [0.15, 0.2) is 0 Å². The van der Waals surface area contributed by atoms with E-state index in [-0.39, 0.29) is 11.2 Å². The molecule has 0 aliphatic rings. The van der Waals surface area contributed by atoms with Crippen molar-refractivity contribution >= 4 is 11.6 Å². The van der Waals surface area contributed by atoms with E-state index in [1.807, 2.05) is 0 Å². The van der Waals surface area contributed by atoms with Crippen molar-refractivity contribution in [3.63, 3.8) is 0 Å². The highest BCUT2D eigenvalue weighted by atomic mass is 35.5. The summed E-state index contributed by atoms with van der Waals surface area (Å²) in [5.74, 6) is 0.222. The van der Waals surface area contributed by atoms with Gasteiger partial charge in [-0.3, -0.25) is 0 Å². The van der Waals surface area contributed by atoms with Gasteiger partial charge in [0.05, 0.1) is 6.61 Å². The molecule has 0 bridgehead atoms. The van der Waals surface area contributed by atoms with Gasteiger partial charge in [0.1, 0.15) is 5.82 Å². The van der Waals surface area contributed by atoms with Gasteiger partial charge in [-0.15, -0.1) is 0 Å². The summed E-state index contributed by atoms with van der Waals surface area (Å²) in [6.45, 7) is 8.93. The zero-order valence-electron chi connectivity index (χ0n) is 12.8. The molecule has 1 rings (SSSR count). The smallest absolute Gasteiger partial charge is 0.123 e. The topological polar surface area (TPSA) is 21.3 Å². The van der Waals surface area contributed by atoms with Crippen LogP contribution in [0.4, 0.5) is 4.39 Å². The fraction of sp³-hybridized carbons (Fsp3) is 0.625. The van der Waals surface area contributed by atoms with Gasteiger partial charge in [0, 0.05) is 25.2 Å². The third-order valence-corrected chi connectivity index (χ3v) is 4.38. The molecule has 1 aromatic carbocycles. The summed E-state index contributed by atoms with van der Waals surface area (Å²) in [7, 11) is 1.69. The zero-order chi connectivity index (χ0) is 15.2. The van der Waals surface area contributed by atoms with E-state index in [0.717, 1.165) is 25.1 Å². The maximum Gasteiger partial charge on any atom is 0.123 e. The molecule has 4 heteroatoms. The van der Waals surface area contributed by atoms with Crippen LogP contribution in [0.1, 0.15) is 26.3 Å². The standard InChI is InChI=1S/C16H25ClFNO/c1-12(2)16(3,11-19-7-8-20-4)10-13-9-14(18)5-6-15(13)17/h5-6,9,12,19H,7-8,10-11H2,1-4H3. The molecule has 0 aromatic heterocycles. The molecule has 0 fully saturated rings. The first kappa shape index (κ1) is 17.4. The Morgan fingerprint density at radius 3 is 2.70 bits per heavy atom. The molecule has 0 heterocycles. The Hall–Kier alpha value is -0.640. The van der Waals surface area contributed by atoms with Crippen LogP contribution in [-0.2, 0) is 11.2 Å². The number of ether oxygens (including phenoxy) is 1. The Labute approximate surface area is 126 Å². The minimum Gasteiger partial charge on any atom is -0.383 e. The number of benzene rings is 1. The van der Waals surface area contributed by atoms with Crippen LogP contribution in [0.15, 0.2) is 18.2 Å². The van der Waals surface area contributed by atoms with Crippen molar-refractivity contribution in [1.82, 2.24) is 5.32 Å². The minimum absolute atomic E-state index is 0.0190. The molecule has 0 radical (unpaired) electrons. The summed E-state index contributed by atoms with van der Waals surface area (Å²) in [6.07, 6.45) is 0.751. The first-order valence-electron chi connectivity index (χ1n) is 7.02. The van der Waals surface area contributed by atoms with Gasteiger partial charge in [0.25, 0.3) is 0 Å². The number of hydrogen-bond acceptors (Lipinski definition) is 2. The number of methoxy groups -OCH3 is 1.